The zero-order chi connectivity index (χ0) is 8.97. The fourth-order valence-corrected chi connectivity index (χ4v) is 1.68. The van der Waals surface area contributed by atoms with Gasteiger partial charge in [-0.15, -0.1) is 11.8 Å². The molecule has 1 aromatic carbocycles. The van der Waals surface area contributed by atoms with Crippen molar-refractivity contribution in [2.75, 3.05) is 6.26 Å². The maximum absolute atomic E-state index is 3.92. The van der Waals surface area contributed by atoms with E-state index >= 15 is 0 Å². The van der Waals surface area contributed by atoms with Gasteiger partial charge in [-0.1, -0.05) is 18.7 Å². The van der Waals surface area contributed by atoms with E-state index in [2.05, 4.69) is 24.4 Å². The van der Waals surface area contributed by atoms with Crippen LogP contribution in [0.4, 0.5) is 5.69 Å². The molecule has 0 heterocycles. The molecule has 0 aliphatic heterocycles. The van der Waals surface area contributed by atoms with Gasteiger partial charge in [0.2, 0.25) is 0 Å². The van der Waals surface area contributed by atoms with Gasteiger partial charge in [-0.3, -0.25) is 4.99 Å². The summed E-state index contributed by atoms with van der Waals surface area (Å²) in [4.78, 5) is 5.11. The summed E-state index contributed by atoms with van der Waals surface area (Å²) in [5.41, 5.74) is 1.97. The van der Waals surface area contributed by atoms with E-state index in [1.807, 2.05) is 24.5 Å². The molecular weight excluding hydrogens is 166 g/mol. The van der Waals surface area contributed by atoms with E-state index in [-0.39, 0.29) is 0 Å². The SMILES string of the molecule is C=Cc1c(N=C)cccc1SC. The zero-order valence-electron chi connectivity index (χ0n) is 7.08. The molecule has 1 nitrogen and oxygen atoms in total. The smallest absolute Gasteiger partial charge is 0.0705 e. The summed E-state index contributed by atoms with van der Waals surface area (Å²) in [5, 5.41) is 0. The van der Waals surface area contributed by atoms with Crippen molar-refractivity contribution in [2.45, 2.75) is 4.90 Å². The summed E-state index contributed by atoms with van der Waals surface area (Å²) in [6.45, 7) is 7.25. The Balaban J connectivity index is 3.31. The number of hydrogen-bond donors (Lipinski definition) is 0. The quantitative estimate of drug-likeness (QED) is 0.509. The zero-order valence-corrected chi connectivity index (χ0v) is 7.90. The van der Waals surface area contributed by atoms with Crippen LogP contribution in [0.3, 0.4) is 0 Å². The minimum Gasteiger partial charge on any atom is -0.264 e. The largest absolute Gasteiger partial charge is 0.264 e. The molecule has 0 radical (unpaired) electrons. The minimum absolute atomic E-state index is 0.900. The number of aliphatic imine (C=N–C) groups is 1. The third-order valence-electron chi connectivity index (χ3n) is 1.64. The van der Waals surface area contributed by atoms with Crippen LogP contribution in [0.15, 0.2) is 34.7 Å². The molecule has 0 aliphatic carbocycles. The van der Waals surface area contributed by atoms with Crippen LogP contribution in [0.1, 0.15) is 5.56 Å². The lowest BCUT2D eigenvalue weighted by atomic mass is 10.2. The molecule has 0 fully saturated rings. The molecule has 0 atom stereocenters. The molecule has 0 bridgehead atoms. The molecule has 0 aliphatic rings. The lowest BCUT2D eigenvalue weighted by Gasteiger charge is -2.04. The molecule has 1 aromatic rings. The van der Waals surface area contributed by atoms with Crippen molar-refractivity contribution >= 4 is 30.2 Å². The molecule has 12 heavy (non-hydrogen) atoms. The van der Waals surface area contributed by atoms with Gasteiger partial charge in [0.15, 0.2) is 0 Å². The molecule has 0 saturated heterocycles. The third-order valence-corrected chi connectivity index (χ3v) is 2.43. The number of rotatable bonds is 3. The van der Waals surface area contributed by atoms with Crippen LogP contribution in [0.25, 0.3) is 6.08 Å². The van der Waals surface area contributed by atoms with Crippen molar-refractivity contribution in [1.29, 1.82) is 0 Å². The van der Waals surface area contributed by atoms with Gasteiger partial charge in [-0.2, -0.15) is 0 Å². The van der Waals surface area contributed by atoms with Crippen LogP contribution in [-0.4, -0.2) is 13.0 Å². The van der Waals surface area contributed by atoms with E-state index in [1.165, 1.54) is 4.90 Å². The van der Waals surface area contributed by atoms with E-state index in [4.69, 9.17) is 0 Å². The molecule has 0 aromatic heterocycles. The van der Waals surface area contributed by atoms with Gasteiger partial charge in [-0.25, -0.2) is 0 Å². The lowest BCUT2D eigenvalue weighted by molar-refractivity contribution is 1.39. The highest BCUT2D eigenvalue weighted by Crippen LogP contribution is 2.29. The summed E-state index contributed by atoms with van der Waals surface area (Å²) >= 11 is 1.69. The maximum Gasteiger partial charge on any atom is 0.0705 e. The van der Waals surface area contributed by atoms with Crippen LogP contribution in [0.2, 0.25) is 0 Å². The predicted octanol–water partition coefficient (Wildman–Crippen LogP) is 3.38. The maximum atomic E-state index is 3.92. The van der Waals surface area contributed by atoms with Crippen LogP contribution in [0, 0.1) is 0 Å². The standard InChI is InChI=1S/C10H11NS/c1-4-8-9(11-2)6-5-7-10(8)12-3/h4-7H,1-2H2,3H3. The summed E-state index contributed by atoms with van der Waals surface area (Å²) in [6, 6.07) is 5.96. The summed E-state index contributed by atoms with van der Waals surface area (Å²) in [5.74, 6) is 0. The minimum atomic E-state index is 0.900. The summed E-state index contributed by atoms with van der Waals surface area (Å²) in [6.07, 6.45) is 3.85. The van der Waals surface area contributed by atoms with Gasteiger partial charge in [0.05, 0.1) is 5.69 Å². The Labute approximate surface area is 77.2 Å². The van der Waals surface area contributed by atoms with Gasteiger partial charge in [0.25, 0.3) is 0 Å². The molecular formula is C10H11NS. The van der Waals surface area contributed by atoms with Crippen molar-refractivity contribution in [3.63, 3.8) is 0 Å². The van der Waals surface area contributed by atoms with Gasteiger partial charge in [-0.05, 0) is 25.1 Å². The van der Waals surface area contributed by atoms with Crippen LogP contribution >= 0.6 is 11.8 Å². The van der Waals surface area contributed by atoms with Gasteiger partial charge < -0.3 is 0 Å². The molecule has 0 saturated carbocycles. The highest BCUT2D eigenvalue weighted by Gasteiger charge is 2.01. The Morgan fingerprint density at radius 1 is 1.50 bits per heavy atom. The number of hydrogen-bond acceptors (Lipinski definition) is 2. The number of nitrogens with zero attached hydrogens (tertiary/aromatic N) is 1. The number of thioether (sulfide) groups is 1. The third kappa shape index (κ3) is 1.59. The number of benzene rings is 1. The monoisotopic (exact) mass is 177 g/mol. The van der Waals surface area contributed by atoms with Gasteiger partial charge in [0, 0.05) is 10.5 Å². The van der Waals surface area contributed by atoms with Crippen molar-refractivity contribution in [1.82, 2.24) is 0 Å². The first-order valence-electron chi connectivity index (χ1n) is 3.59. The van der Waals surface area contributed by atoms with Crippen molar-refractivity contribution < 1.29 is 0 Å². The van der Waals surface area contributed by atoms with Gasteiger partial charge >= 0.3 is 0 Å². The van der Waals surface area contributed by atoms with E-state index in [0.717, 1.165) is 11.3 Å². The van der Waals surface area contributed by atoms with Crippen LogP contribution < -0.4 is 0 Å². The molecule has 62 valence electrons. The first-order valence-corrected chi connectivity index (χ1v) is 4.82. The Morgan fingerprint density at radius 3 is 2.75 bits per heavy atom. The fourth-order valence-electron chi connectivity index (χ4n) is 1.05. The first kappa shape index (κ1) is 9.07. The van der Waals surface area contributed by atoms with Crippen molar-refractivity contribution in [2.24, 2.45) is 4.99 Å². The molecule has 0 amide bonds. The van der Waals surface area contributed by atoms with Crippen molar-refractivity contribution in [3.8, 4) is 0 Å². The molecule has 0 unspecified atom stereocenters. The van der Waals surface area contributed by atoms with E-state index < -0.39 is 0 Å². The molecule has 0 N–H and O–H groups in total. The van der Waals surface area contributed by atoms with E-state index in [9.17, 15) is 0 Å². The lowest BCUT2D eigenvalue weighted by Crippen LogP contribution is -1.78. The highest BCUT2D eigenvalue weighted by molar-refractivity contribution is 7.98. The average molecular weight is 177 g/mol. The first-order chi connectivity index (χ1) is 5.83. The summed E-state index contributed by atoms with van der Waals surface area (Å²) < 4.78 is 0. The van der Waals surface area contributed by atoms with E-state index in [1.54, 1.807) is 11.8 Å². The predicted molar refractivity (Wildman–Crippen MR) is 57.5 cm³/mol. The van der Waals surface area contributed by atoms with Crippen LogP contribution in [-0.2, 0) is 0 Å². The molecule has 1 rings (SSSR count). The van der Waals surface area contributed by atoms with Crippen molar-refractivity contribution in [3.05, 3.63) is 30.3 Å². The highest BCUT2D eigenvalue weighted by atomic mass is 32.2. The molecule has 2 heteroatoms. The average Bonchev–Trinajstić information content (AvgIpc) is 2.16. The fraction of sp³-hybridized carbons (Fsp3) is 0.100. The summed E-state index contributed by atoms with van der Waals surface area (Å²) in [7, 11) is 0. The second-order valence-corrected chi connectivity index (χ2v) is 3.10. The Morgan fingerprint density at radius 2 is 2.25 bits per heavy atom. The normalized spacial score (nSPS) is 9.42. The Hall–Kier alpha value is -1.02. The Bertz CT molecular complexity index is 305. The van der Waals surface area contributed by atoms with Crippen LogP contribution in [0.5, 0.6) is 0 Å². The second kappa shape index (κ2) is 4.12. The molecule has 0 spiro atoms. The van der Waals surface area contributed by atoms with Gasteiger partial charge in [0.1, 0.15) is 0 Å². The van der Waals surface area contributed by atoms with E-state index in [0.29, 0.717) is 0 Å². The topological polar surface area (TPSA) is 12.4 Å². The second-order valence-electron chi connectivity index (χ2n) is 2.26. The Kier molecular flexibility index (Phi) is 3.11.